The van der Waals surface area contributed by atoms with Crippen LogP contribution in [0.25, 0.3) is 21.9 Å². The Labute approximate surface area is 210 Å². The second-order valence-electron chi connectivity index (χ2n) is 8.98. The number of methoxy groups -OCH3 is 1. The lowest BCUT2D eigenvalue weighted by Gasteiger charge is -2.26. The van der Waals surface area contributed by atoms with E-state index in [9.17, 15) is 8.78 Å². The average molecular weight is 490 g/mol. The number of ether oxygens (including phenoxy) is 3. The Bertz CT molecular complexity index is 1330. The number of piperidine rings is 1. The topological polar surface area (TPSA) is 30.9 Å². The van der Waals surface area contributed by atoms with Crippen LogP contribution in [0.4, 0.5) is 8.78 Å². The summed E-state index contributed by atoms with van der Waals surface area (Å²) in [4.78, 5) is 2.44. The molecule has 0 bridgehead atoms. The predicted octanol–water partition coefficient (Wildman–Crippen LogP) is 7.45. The maximum absolute atomic E-state index is 14.7. The molecule has 5 rings (SSSR count). The van der Waals surface area contributed by atoms with Crippen molar-refractivity contribution in [3.05, 3.63) is 84.4 Å². The van der Waals surface area contributed by atoms with Crippen LogP contribution < -0.4 is 14.2 Å². The first-order valence-electron chi connectivity index (χ1n) is 12.3. The molecule has 0 aromatic heterocycles. The summed E-state index contributed by atoms with van der Waals surface area (Å²) >= 11 is 0. The third-order valence-corrected chi connectivity index (χ3v) is 6.57. The normalized spacial score (nSPS) is 14.1. The van der Waals surface area contributed by atoms with Crippen molar-refractivity contribution in [2.24, 2.45) is 0 Å². The molecular weight excluding hydrogens is 460 g/mol. The molecule has 0 saturated carbocycles. The van der Waals surface area contributed by atoms with Crippen LogP contribution in [0, 0.1) is 11.6 Å². The van der Waals surface area contributed by atoms with Crippen LogP contribution in [0.3, 0.4) is 0 Å². The van der Waals surface area contributed by atoms with Gasteiger partial charge in [-0.3, -0.25) is 4.90 Å². The van der Waals surface area contributed by atoms with Gasteiger partial charge in [0.05, 0.1) is 7.11 Å². The van der Waals surface area contributed by atoms with Gasteiger partial charge in [-0.05, 0) is 92.0 Å². The Balaban J connectivity index is 1.40. The molecule has 1 aliphatic heterocycles. The van der Waals surface area contributed by atoms with E-state index in [1.54, 1.807) is 13.2 Å². The van der Waals surface area contributed by atoms with Crippen LogP contribution in [0.15, 0.2) is 72.8 Å². The molecule has 4 aromatic rings. The maximum atomic E-state index is 14.7. The van der Waals surface area contributed by atoms with E-state index >= 15 is 0 Å². The summed E-state index contributed by atoms with van der Waals surface area (Å²) in [5, 5.41) is 1.67. The molecule has 0 N–H and O–H groups in total. The molecule has 1 saturated heterocycles. The standard InChI is InChI=1S/C30H29F2NO3/c1-34-25-11-14-26-21(19-25)5-12-28(27-13-6-22(31)20-29(27)32)30(26)36-24-9-7-23(8-10-24)35-18-17-33-15-3-2-4-16-33/h5-14,19-20H,2-4,15-18H2,1H3. The zero-order chi connectivity index (χ0) is 24.9. The van der Waals surface area contributed by atoms with Gasteiger partial charge >= 0.3 is 0 Å². The van der Waals surface area contributed by atoms with Gasteiger partial charge in [0, 0.05) is 29.1 Å². The van der Waals surface area contributed by atoms with Gasteiger partial charge in [0.25, 0.3) is 0 Å². The molecule has 1 fully saturated rings. The minimum absolute atomic E-state index is 0.266. The Morgan fingerprint density at radius 3 is 2.22 bits per heavy atom. The average Bonchev–Trinajstić information content (AvgIpc) is 2.90. The van der Waals surface area contributed by atoms with Crippen molar-refractivity contribution in [2.75, 3.05) is 33.4 Å². The monoisotopic (exact) mass is 489 g/mol. The molecular formula is C30H29F2NO3. The van der Waals surface area contributed by atoms with Crippen molar-refractivity contribution in [3.63, 3.8) is 0 Å². The summed E-state index contributed by atoms with van der Waals surface area (Å²) in [7, 11) is 1.61. The van der Waals surface area contributed by atoms with Gasteiger partial charge in [-0.2, -0.15) is 0 Å². The summed E-state index contributed by atoms with van der Waals surface area (Å²) in [6.45, 7) is 3.84. The lowest BCUT2D eigenvalue weighted by molar-refractivity contribution is 0.183. The number of nitrogens with zero attached hydrogens (tertiary/aromatic N) is 1. The highest BCUT2D eigenvalue weighted by Crippen LogP contribution is 2.41. The lowest BCUT2D eigenvalue weighted by Crippen LogP contribution is -2.33. The Hall–Kier alpha value is -3.64. The van der Waals surface area contributed by atoms with Crippen molar-refractivity contribution in [3.8, 4) is 34.1 Å². The first-order chi connectivity index (χ1) is 17.6. The highest BCUT2D eigenvalue weighted by atomic mass is 19.1. The molecule has 0 aliphatic carbocycles. The van der Waals surface area contributed by atoms with E-state index in [-0.39, 0.29) is 5.56 Å². The number of fused-ring (bicyclic) bond motifs is 1. The molecule has 4 nitrogen and oxygen atoms in total. The number of benzene rings is 4. The van der Waals surface area contributed by atoms with Crippen molar-refractivity contribution < 1.29 is 23.0 Å². The predicted molar refractivity (Wildman–Crippen MR) is 138 cm³/mol. The molecule has 36 heavy (non-hydrogen) atoms. The first-order valence-corrected chi connectivity index (χ1v) is 12.3. The third-order valence-electron chi connectivity index (χ3n) is 6.57. The molecule has 0 spiro atoms. The Morgan fingerprint density at radius 1 is 0.750 bits per heavy atom. The van der Waals surface area contributed by atoms with Crippen molar-refractivity contribution in [2.45, 2.75) is 19.3 Å². The quantitative estimate of drug-likeness (QED) is 0.257. The SMILES string of the molecule is COc1ccc2c(Oc3ccc(OCCN4CCCCC4)cc3)c(-c3ccc(F)cc3F)ccc2c1. The fraction of sp³-hybridized carbons (Fsp3) is 0.267. The summed E-state index contributed by atoms with van der Waals surface area (Å²) in [6, 6.07) is 20.2. The summed E-state index contributed by atoms with van der Waals surface area (Å²) < 4.78 is 45.9. The van der Waals surface area contributed by atoms with Crippen molar-refractivity contribution >= 4 is 10.8 Å². The number of hydrogen-bond acceptors (Lipinski definition) is 4. The molecule has 6 heteroatoms. The van der Waals surface area contributed by atoms with Gasteiger partial charge in [-0.15, -0.1) is 0 Å². The fourth-order valence-electron chi connectivity index (χ4n) is 4.63. The van der Waals surface area contributed by atoms with E-state index in [1.165, 1.54) is 31.4 Å². The molecule has 186 valence electrons. The highest BCUT2D eigenvalue weighted by Gasteiger charge is 2.17. The molecule has 0 unspecified atom stereocenters. The van der Waals surface area contributed by atoms with Gasteiger partial charge < -0.3 is 14.2 Å². The maximum Gasteiger partial charge on any atom is 0.143 e. The van der Waals surface area contributed by atoms with Crippen molar-refractivity contribution in [1.82, 2.24) is 4.90 Å². The van der Waals surface area contributed by atoms with Crippen LogP contribution in [-0.4, -0.2) is 38.3 Å². The number of likely N-dealkylation sites (tertiary alicyclic amines) is 1. The van der Waals surface area contributed by atoms with E-state index < -0.39 is 11.6 Å². The summed E-state index contributed by atoms with van der Waals surface area (Å²) in [5.74, 6) is 1.28. The van der Waals surface area contributed by atoms with Gasteiger partial charge in [0.1, 0.15) is 41.2 Å². The van der Waals surface area contributed by atoms with Crippen LogP contribution in [0.5, 0.6) is 23.0 Å². The van der Waals surface area contributed by atoms with E-state index in [0.717, 1.165) is 42.2 Å². The second-order valence-corrected chi connectivity index (χ2v) is 8.98. The van der Waals surface area contributed by atoms with Gasteiger partial charge in [0.15, 0.2) is 0 Å². The fourth-order valence-corrected chi connectivity index (χ4v) is 4.63. The number of hydrogen-bond donors (Lipinski definition) is 0. The first kappa shape index (κ1) is 24.1. The van der Waals surface area contributed by atoms with Crippen LogP contribution >= 0.6 is 0 Å². The zero-order valence-corrected chi connectivity index (χ0v) is 20.3. The molecule has 1 aliphatic rings. The molecule has 0 atom stereocenters. The van der Waals surface area contributed by atoms with Gasteiger partial charge in [0.2, 0.25) is 0 Å². The molecule has 0 amide bonds. The minimum Gasteiger partial charge on any atom is -0.497 e. The van der Waals surface area contributed by atoms with Crippen LogP contribution in [-0.2, 0) is 0 Å². The largest absolute Gasteiger partial charge is 0.497 e. The van der Waals surface area contributed by atoms with Gasteiger partial charge in [-0.25, -0.2) is 8.78 Å². The molecule has 0 radical (unpaired) electrons. The van der Waals surface area contributed by atoms with Gasteiger partial charge in [-0.1, -0.05) is 12.5 Å². The van der Waals surface area contributed by atoms with E-state index in [0.29, 0.717) is 29.4 Å². The highest BCUT2D eigenvalue weighted by molar-refractivity contribution is 5.96. The second kappa shape index (κ2) is 11.0. The number of rotatable bonds is 8. The number of halogens is 2. The minimum atomic E-state index is -0.648. The lowest BCUT2D eigenvalue weighted by atomic mass is 9.98. The molecule has 1 heterocycles. The summed E-state index contributed by atoms with van der Waals surface area (Å²) in [6.07, 6.45) is 3.84. The zero-order valence-electron chi connectivity index (χ0n) is 20.3. The summed E-state index contributed by atoms with van der Waals surface area (Å²) in [5.41, 5.74) is 0.800. The van der Waals surface area contributed by atoms with Crippen LogP contribution in [0.2, 0.25) is 0 Å². The smallest absolute Gasteiger partial charge is 0.143 e. The third kappa shape index (κ3) is 5.44. The Morgan fingerprint density at radius 2 is 1.47 bits per heavy atom. The van der Waals surface area contributed by atoms with Crippen molar-refractivity contribution in [1.29, 1.82) is 0 Å². The Kier molecular flexibility index (Phi) is 7.33. The van der Waals surface area contributed by atoms with E-state index in [2.05, 4.69) is 4.90 Å². The van der Waals surface area contributed by atoms with E-state index in [1.807, 2.05) is 48.5 Å². The van der Waals surface area contributed by atoms with E-state index in [4.69, 9.17) is 14.2 Å². The molecule has 4 aromatic carbocycles. The van der Waals surface area contributed by atoms with Crippen LogP contribution in [0.1, 0.15) is 19.3 Å².